The van der Waals surface area contributed by atoms with Crippen molar-refractivity contribution in [2.24, 2.45) is 0 Å². The number of likely N-dealkylation sites (N-methyl/N-ethyl adjacent to an activating group) is 1. The van der Waals surface area contributed by atoms with E-state index in [2.05, 4.69) is 0 Å². The molecule has 1 heterocycles. The quantitative estimate of drug-likeness (QED) is 0.653. The van der Waals surface area contributed by atoms with Crippen LogP contribution in [0.2, 0.25) is 0 Å². The molecule has 7 heteroatoms. The highest BCUT2D eigenvalue weighted by atomic mass is 16.5. The van der Waals surface area contributed by atoms with Gasteiger partial charge in [0.1, 0.15) is 12.3 Å². The number of hydrogen-bond donors (Lipinski definition) is 0. The van der Waals surface area contributed by atoms with Crippen LogP contribution in [-0.4, -0.2) is 34.1 Å². The van der Waals surface area contributed by atoms with Gasteiger partial charge in [0, 0.05) is 20.1 Å². The molecule has 1 aromatic heterocycles. The Kier molecular flexibility index (Phi) is 5.63. The summed E-state index contributed by atoms with van der Waals surface area (Å²) in [5, 5.41) is 0.426. The Morgan fingerprint density at radius 1 is 1.04 bits per heavy atom. The predicted molar refractivity (Wildman–Crippen MR) is 108 cm³/mol. The summed E-state index contributed by atoms with van der Waals surface area (Å²) in [5.74, 6) is 0.530. The lowest BCUT2D eigenvalue weighted by atomic mass is 10.2. The van der Waals surface area contributed by atoms with E-state index in [0.717, 1.165) is 15.9 Å². The third-order valence-corrected chi connectivity index (χ3v) is 4.75. The number of fused-ring (bicyclic) bond motifs is 1. The maximum atomic E-state index is 12.8. The third-order valence-electron chi connectivity index (χ3n) is 4.75. The normalized spacial score (nSPS) is 10.8. The number of carbonyl (C=O) groups is 1. The maximum Gasteiger partial charge on any atom is 0.331 e. The summed E-state index contributed by atoms with van der Waals surface area (Å²) in [7, 11) is 3.29. The fraction of sp³-hybridized carbons (Fsp3) is 0.286. The van der Waals surface area contributed by atoms with Gasteiger partial charge >= 0.3 is 5.69 Å². The van der Waals surface area contributed by atoms with E-state index >= 15 is 0 Å². The van der Waals surface area contributed by atoms with Crippen LogP contribution in [0.5, 0.6) is 5.75 Å². The molecule has 0 aliphatic rings. The van der Waals surface area contributed by atoms with Crippen molar-refractivity contribution in [3.8, 4) is 5.75 Å². The van der Waals surface area contributed by atoms with Crippen LogP contribution in [0.15, 0.2) is 58.1 Å². The molecule has 146 valence electrons. The molecular weight excluding hydrogens is 358 g/mol. The summed E-state index contributed by atoms with van der Waals surface area (Å²) in [6, 6.07) is 14.3. The van der Waals surface area contributed by atoms with Gasteiger partial charge in [0.15, 0.2) is 0 Å². The number of hydrogen-bond acceptors (Lipinski definition) is 4. The SMILES string of the molecule is CCn1c(=O)c2ccccc2n(CC(=O)N(C)Cc2ccc(OC)cc2)c1=O. The van der Waals surface area contributed by atoms with E-state index in [9.17, 15) is 14.4 Å². The standard InChI is InChI=1S/C21H23N3O4/c1-4-23-20(26)17-7-5-6-8-18(17)24(21(23)27)14-19(25)22(2)13-15-9-11-16(28-3)12-10-15/h5-12H,4,13-14H2,1-3H3. The fourth-order valence-corrected chi connectivity index (χ4v) is 3.15. The summed E-state index contributed by atoms with van der Waals surface area (Å²) in [6.45, 7) is 2.26. The summed E-state index contributed by atoms with van der Waals surface area (Å²) in [6.07, 6.45) is 0. The van der Waals surface area contributed by atoms with Gasteiger partial charge in [-0.05, 0) is 36.8 Å². The van der Waals surface area contributed by atoms with Crippen LogP contribution >= 0.6 is 0 Å². The van der Waals surface area contributed by atoms with Crippen LogP contribution in [0.25, 0.3) is 10.9 Å². The second-order valence-corrected chi connectivity index (χ2v) is 6.53. The average Bonchev–Trinajstić information content (AvgIpc) is 2.72. The molecule has 0 aliphatic carbocycles. The minimum absolute atomic E-state index is 0.133. The Morgan fingerprint density at radius 3 is 2.36 bits per heavy atom. The second kappa shape index (κ2) is 8.12. The van der Waals surface area contributed by atoms with E-state index in [1.807, 2.05) is 24.3 Å². The van der Waals surface area contributed by atoms with Crippen LogP contribution in [0.4, 0.5) is 0 Å². The summed E-state index contributed by atoms with van der Waals surface area (Å²) in [5.41, 5.74) is 0.608. The van der Waals surface area contributed by atoms with Crippen LogP contribution in [0.1, 0.15) is 12.5 Å². The molecule has 0 spiro atoms. The lowest BCUT2D eigenvalue weighted by molar-refractivity contribution is -0.131. The lowest BCUT2D eigenvalue weighted by Gasteiger charge is -2.19. The van der Waals surface area contributed by atoms with E-state index < -0.39 is 5.69 Å². The fourth-order valence-electron chi connectivity index (χ4n) is 3.15. The Hall–Kier alpha value is -3.35. The second-order valence-electron chi connectivity index (χ2n) is 6.53. The molecular formula is C21H23N3O4. The van der Waals surface area contributed by atoms with Crippen molar-refractivity contribution < 1.29 is 9.53 Å². The van der Waals surface area contributed by atoms with Gasteiger partial charge in [-0.15, -0.1) is 0 Å². The first kappa shape index (κ1) is 19.4. The van der Waals surface area contributed by atoms with E-state index in [1.165, 1.54) is 4.57 Å². The van der Waals surface area contributed by atoms with Crippen molar-refractivity contribution in [3.05, 3.63) is 74.9 Å². The molecule has 0 unspecified atom stereocenters. The number of benzene rings is 2. The number of ether oxygens (including phenoxy) is 1. The third kappa shape index (κ3) is 3.69. The predicted octanol–water partition coefficient (Wildman–Crippen LogP) is 1.85. The Balaban J connectivity index is 1.90. The van der Waals surface area contributed by atoms with Crippen molar-refractivity contribution >= 4 is 16.8 Å². The number of aromatic nitrogens is 2. The van der Waals surface area contributed by atoms with Gasteiger partial charge in [-0.25, -0.2) is 4.79 Å². The molecule has 0 atom stereocenters. The zero-order valence-corrected chi connectivity index (χ0v) is 16.2. The Bertz CT molecular complexity index is 1110. The highest BCUT2D eigenvalue weighted by molar-refractivity contribution is 5.81. The molecule has 0 radical (unpaired) electrons. The molecule has 2 aromatic carbocycles. The van der Waals surface area contributed by atoms with Crippen LogP contribution in [0.3, 0.4) is 0 Å². The molecule has 0 saturated heterocycles. The van der Waals surface area contributed by atoms with Crippen LogP contribution in [-0.2, 0) is 24.4 Å². The molecule has 0 N–H and O–H groups in total. The molecule has 0 aliphatic heterocycles. The van der Waals surface area contributed by atoms with Crippen molar-refractivity contribution in [1.29, 1.82) is 0 Å². The minimum atomic E-state index is -0.475. The van der Waals surface area contributed by atoms with Crippen molar-refractivity contribution in [1.82, 2.24) is 14.0 Å². The number of para-hydroxylation sites is 1. The molecule has 7 nitrogen and oxygen atoms in total. The highest BCUT2D eigenvalue weighted by Gasteiger charge is 2.16. The molecule has 3 aromatic rings. The average molecular weight is 381 g/mol. The van der Waals surface area contributed by atoms with Gasteiger partial charge in [-0.1, -0.05) is 24.3 Å². The summed E-state index contributed by atoms with van der Waals surface area (Å²) < 4.78 is 7.66. The topological polar surface area (TPSA) is 73.5 Å². The van der Waals surface area contributed by atoms with Gasteiger partial charge in [0.25, 0.3) is 5.56 Å². The van der Waals surface area contributed by atoms with E-state index in [4.69, 9.17) is 4.74 Å². The van der Waals surface area contributed by atoms with Gasteiger partial charge in [-0.3, -0.25) is 18.7 Å². The first-order valence-corrected chi connectivity index (χ1v) is 9.05. The largest absolute Gasteiger partial charge is 0.497 e. The molecule has 3 rings (SSSR count). The Labute approximate surface area is 162 Å². The zero-order chi connectivity index (χ0) is 20.3. The van der Waals surface area contributed by atoms with Gasteiger partial charge in [-0.2, -0.15) is 0 Å². The van der Waals surface area contributed by atoms with E-state index in [0.29, 0.717) is 17.4 Å². The molecule has 1 amide bonds. The molecule has 0 saturated carbocycles. The number of methoxy groups -OCH3 is 1. The molecule has 28 heavy (non-hydrogen) atoms. The highest BCUT2D eigenvalue weighted by Crippen LogP contribution is 2.13. The van der Waals surface area contributed by atoms with Gasteiger partial charge in [0.2, 0.25) is 5.91 Å². The summed E-state index contributed by atoms with van der Waals surface area (Å²) >= 11 is 0. The van der Waals surface area contributed by atoms with E-state index in [-0.39, 0.29) is 24.6 Å². The summed E-state index contributed by atoms with van der Waals surface area (Å²) in [4.78, 5) is 39.6. The van der Waals surface area contributed by atoms with Gasteiger partial charge in [0.05, 0.1) is 18.0 Å². The monoisotopic (exact) mass is 381 g/mol. The minimum Gasteiger partial charge on any atom is -0.497 e. The van der Waals surface area contributed by atoms with Crippen LogP contribution in [0, 0.1) is 0 Å². The van der Waals surface area contributed by atoms with Crippen molar-refractivity contribution in [2.75, 3.05) is 14.2 Å². The lowest BCUT2D eigenvalue weighted by Crippen LogP contribution is -2.42. The number of amides is 1. The van der Waals surface area contributed by atoms with Crippen molar-refractivity contribution in [3.63, 3.8) is 0 Å². The first-order chi connectivity index (χ1) is 13.5. The van der Waals surface area contributed by atoms with Gasteiger partial charge < -0.3 is 9.64 Å². The van der Waals surface area contributed by atoms with Crippen LogP contribution < -0.4 is 16.0 Å². The molecule has 0 fully saturated rings. The maximum absolute atomic E-state index is 12.8. The van der Waals surface area contributed by atoms with E-state index in [1.54, 1.807) is 50.2 Å². The zero-order valence-electron chi connectivity index (χ0n) is 16.2. The number of rotatable bonds is 6. The Morgan fingerprint density at radius 2 is 1.71 bits per heavy atom. The smallest absolute Gasteiger partial charge is 0.331 e. The first-order valence-electron chi connectivity index (χ1n) is 9.05. The molecule has 0 bridgehead atoms. The van der Waals surface area contributed by atoms with Crippen molar-refractivity contribution in [2.45, 2.75) is 26.6 Å². The number of carbonyl (C=O) groups excluding carboxylic acids is 1. The number of nitrogens with zero attached hydrogens (tertiary/aromatic N) is 3.